The SMILES string of the molecule is CNC(C#N)(CN(C)c1ccc(C)cc1)C1CC1. The zero-order chi connectivity index (χ0) is 13.2. The predicted octanol–water partition coefficient (Wildman–Crippen LogP) is 2.32. The van der Waals surface area contributed by atoms with Crippen molar-refractivity contribution in [3.8, 4) is 6.07 Å². The molecule has 1 aromatic carbocycles. The molecule has 0 aromatic heterocycles. The van der Waals surface area contributed by atoms with E-state index in [1.165, 1.54) is 5.56 Å². The molecule has 1 N–H and O–H groups in total. The largest absolute Gasteiger partial charge is 0.372 e. The third kappa shape index (κ3) is 2.49. The second-order valence-corrected chi connectivity index (χ2v) is 5.30. The van der Waals surface area contributed by atoms with Gasteiger partial charge in [0, 0.05) is 19.3 Å². The van der Waals surface area contributed by atoms with E-state index in [-0.39, 0.29) is 0 Å². The quantitative estimate of drug-likeness (QED) is 0.862. The highest BCUT2D eigenvalue weighted by Gasteiger charge is 2.45. The van der Waals surface area contributed by atoms with E-state index >= 15 is 0 Å². The summed E-state index contributed by atoms with van der Waals surface area (Å²) in [5, 5.41) is 12.7. The minimum absolute atomic E-state index is 0.403. The number of rotatable bonds is 5. The van der Waals surface area contributed by atoms with Crippen LogP contribution in [0.2, 0.25) is 0 Å². The van der Waals surface area contributed by atoms with Crippen molar-refractivity contribution in [1.29, 1.82) is 5.26 Å². The maximum absolute atomic E-state index is 9.49. The van der Waals surface area contributed by atoms with Crippen LogP contribution in [0.1, 0.15) is 18.4 Å². The summed E-state index contributed by atoms with van der Waals surface area (Å²) in [6, 6.07) is 10.9. The standard InChI is InChI=1S/C15H21N3/c1-12-4-8-14(9-5-12)18(3)11-15(10-16,17-2)13-6-7-13/h4-5,8-9,13,17H,6-7,11H2,1-3H3. The summed E-state index contributed by atoms with van der Waals surface area (Å²) in [7, 11) is 3.95. The average molecular weight is 243 g/mol. The van der Waals surface area contributed by atoms with Crippen LogP contribution in [0.3, 0.4) is 0 Å². The Morgan fingerprint density at radius 3 is 2.44 bits per heavy atom. The van der Waals surface area contributed by atoms with Gasteiger partial charge in [-0.05, 0) is 44.9 Å². The lowest BCUT2D eigenvalue weighted by Crippen LogP contribution is -2.52. The molecule has 0 saturated heterocycles. The second-order valence-electron chi connectivity index (χ2n) is 5.30. The summed E-state index contributed by atoms with van der Waals surface area (Å²) >= 11 is 0. The van der Waals surface area contributed by atoms with Gasteiger partial charge in [-0.25, -0.2) is 0 Å². The van der Waals surface area contributed by atoms with Crippen LogP contribution >= 0.6 is 0 Å². The van der Waals surface area contributed by atoms with E-state index in [0.29, 0.717) is 5.92 Å². The van der Waals surface area contributed by atoms with Crippen LogP contribution in [0, 0.1) is 24.2 Å². The fraction of sp³-hybridized carbons (Fsp3) is 0.533. The molecule has 1 fully saturated rings. The maximum atomic E-state index is 9.49. The molecular formula is C15H21N3. The van der Waals surface area contributed by atoms with Crippen molar-refractivity contribution >= 4 is 5.69 Å². The number of nitrogens with one attached hydrogen (secondary N) is 1. The molecule has 1 aliphatic carbocycles. The Morgan fingerprint density at radius 2 is 2.00 bits per heavy atom. The number of anilines is 1. The van der Waals surface area contributed by atoms with Crippen molar-refractivity contribution in [2.75, 3.05) is 25.5 Å². The molecule has 1 aliphatic rings. The molecule has 0 aliphatic heterocycles. The van der Waals surface area contributed by atoms with Crippen molar-refractivity contribution < 1.29 is 0 Å². The van der Waals surface area contributed by atoms with Crippen LogP contribution < -0.4 is 10.2 Å². The van der Waals surface area contributed by atoms with Gasteiger partial charge in [0.1, 0.15) is 5.54 Å². The molecule has 3 nitrogen and oxygen atoms in total. The Labute approximate surface area is 109 Å². The van der Waals surface area contributed by atoms with Gasteiger partial charge >= 0.3 is 0 Å². The monoisotopic (exact) mass is 243 g/mol. The molecule has 18 heavy (non-hydrogen) atoms. The highest BCUT2D eigenvalue weighted by atomic mass is 15.2. The molecule has 0 amide bonds. The lowest BCUT2D eigenvalue weighted by Gasteiger charge is -2.32. The van der Waals surface area contributed by atoms with Crippen LogP contribution in [0.4, 0.5) is 5.69 Å². The number of hydrogen-bond acceptors (Lipinski definition) is 3. The molecule has 1 unspecified atom stereocenters. The summed E-state index contributed by atoms with van der Waals surface area (Å²) in [5.74, 6) is 0.500. The van der Waals surface area contributed by atoms with Gasteiger partial charge in [0.25, 0.3) is 0 Å². The van der Waals surface area contributed by atoms with Crippen LogP contribution in [0.25, 0.3) is 0 Å². The fourth-order valence-corrected chi connectivity index (χ4v) is 2.44. The van der Waals surface area contributed by atoms with Crippen molar-refractivity contribution in [3.05, 3.63) is 29.8 Å². The van der Waals surface area contributed by atoms with E-state index in [0.717, 1.165) is 25.1 Å². The van der Waals surface area contributed by atoms with Gasteiger partial charge in [0.05, 0.1) is 6.07 Å². The van der Waals surface area contributed by atoms with Gasteiger partial charge < -0.3 is 10.2 Å². The van der Waals surface area contributed by atoms with Crippen LogP contribution in [0.15, 0.2) is 24.3 Å². The van der Waals surface area contributed by atoms with E-state index in [4.69, 9.17) is 0 Å². The number of nitriles is 1. The third-order valence-corrected chi connectivity index (χ3v) is 3.88. The molecule has 0 radical (unpaired) electrons. The Balaban J connectivity index is 2.12. The van der Waals surface area contributed by atoms with Gasteiger partial charge in [-0.3, -0.25) is 0 Å². The molecule has 96 valence electrons. The van der Waals surface area contributed by atoms with Crippen molar-refractivity contribution in [1.82, 2.24) is 5.32 Å². The maximum Gasteiger partial charge on any atom is 0.126 e. The van der Waals surface area contributed by atoms with Gasteiger partial charge in [-0.1, -0.05) is 17.7 Å². The first-order chi connectivity index (χ1) is 8.61. The van der Waals surface area contributed by atoms with E-state index in [1.807, 2.05) is 7.05 Å². The molecule has 0 heterocycles. The summed E-state index contributed by atoms with van der Waals surface area (Å²) in [6.07, 6.45) is 2.33. The van der Waals surface area contributed by atoms with E-state index in [9.17, 15) is 5.26 Å². The summed E-state index contributed by atoms with van der Waals surface area (Å²) in [5.41, 5.74) is 2.02. The Morgan fingerprint density at radius 1 is 1.39 bits per heavy atom. The first-order valence-electron chi connectivity index (χ1n) is 6.49. The molecule has 1 aromatic rings. The smallest absolute Gasteiger partial charge is 0.126 e. The normalized spacial score (nSPS) is 17.9. The number of hydrogen-bond donors (Lipinski definition) is 1. The molecule has 0 spiro atoms. The van der Waals surface area contributed by atoms with Gasteiger partial charge in [-0.2, -0.15) is 5.26 Å². The average Bonchev–Trinajstić information content (AvgIpc) is 3.21. The number of nitrogens with zero attached hydrogens (tertiary/aromatic N) is 2. The van der Waals surface area contributed by atoms with E-state index < -0.39 is 5.54 Å². The van der Waals surface area contributed by atoms with Crippen molar-refractivity contribution in [2.45, 2.75) is 25.3 Å². The summed E-state index contributed by atoms with van der Waals surface area (Å²) in [6.45, 7) is 2.81. The lowest BCUT2D eigenvalue weighted by molar-refractivity contribution is 0.398. The number of likely N-dealkylation sites (N-methyl/N-ethyl adjacent to an activating group) is 2. The summed E-state index contributed by atoms with van der Waals surface area (Å²) in [4.78, 5) is 2.16. The molecular weight excluding hydrogens is 222 g/mol. The third-order valence-electron chi connectivity index (χ3n) is 3.88. The van der Waals surface area contributed by atoms with Crippen LogP contribution in [0.5, 0.6) is 0 Å². The Bertz CT molecular complexity index is 442. The molecule has 0 bridgehead atoms. The van der Waals surface area contributed by atoms with Crippen molar-refractivity contribution in [2.24, 2.45) is 5.92 Å². The minimum Gasteiger partial charge on any atom is -0.372 e. The highest BCUT2D eigenvalue weighted by Crippen LogP contribution is 2.40. The van der Waals surface area contributed by atoms with Gasteiger partial charge in [-0.15, -0.1) is 0 Å². The topological polar surface area (TPSA) is 39.1 Å². The van der Waals surface area contributed by atoms with Gasteiger partial charge in [0.15, 0.2) is 0 Å². The first kappa shape index (κ1) is 12.9. The van der Waals surface area contributed by atoms with Gasteiger partial charge in [0.2, 0.25) is 0 Å². The van der Waals surface area contributed by atoms with E-state index in [1.54, 1.807) is 0 Å². The molecule has 2 rings (SSSR count). The van der Waals surface area contributed by atoms with E-state index in [2.05, 4.69) is 54.5 Å². The van der Waals surface area contributed by atoms with Crippen LogP contribution in [-0.2, 0) is 0 Å². The second kappa shape index (κ2) is 4.99. The zero-order valence-corrected chi connectivity index (χ0v) is 11.4. The Hall–Kier alpha value is -1.53. The predicted molar refractivity (Wildman–Crippen MR) is 74.6 cm³/mol. The lowest BCUT2D eigenvalue weighted by atomic mass is 9.94. The minimum atomic E-state index is -0.403. The first-order valence-corrected chi connectivity index (χ1v) is 6.49. The fourth-order valence-electron chi connectivity index (χ4n) is 2.44. The summed E-state index contributed by atoms with van der Waals surface area (Å²) < 4.78 is 0. The van der Waals surface area contributed by atoms with Crippen molar-refractivity contribution in [3.63, 3.8) is 0 Å². The Kier molecular flexibility index (Phi) is 3.58. The zero-order valence-electron chi connectivity index (χ0n) is 11.4. The molecule has 1 atom stereocenters. The number of benzene rings is 1. The van der Waals surface area contributed by atoms with Crippen LogP contribution in [-0.4, -0.2) is 26.2 Å². The molecule has 1 saturated carbocycles. The molecule has 3 heteroatoms. The number of aryl methyl sites for hydroxylation is 1. The highest BCUT2D eigenvalue weighted by molar-refractivity contribution is 5.48.